The number of nitrogens with one attached hydrogen (secondary N) is 1. The number of nitrogens with two attached hydrogens (primary N) is 1. The van der Waals surface area contributed by atoms with Crippen LogP contribution in [0.15, 0.2) is 0 Å². The second-order valence-electron chi connectivity index (χ2n) is 6.06. The van der Waals surface area contributed by atoms with Gasteiger partial charge in [-0.05, 0) is 39.5 Å². The molecule has 0 saturated carbocycles. The Morgan fingerprint density at radius 3 is 2.59 bits per heavy atom. The molecule has 0 spiro atoms. The quantitative estimate of drug-likeness (QED) is 0.776. The van der Waals surface area contributed by atoms with E-state index in [1.807, 2.05) is 25.7 Å². The highest BCUT2D eigenvalue weighted by Crippen LogP contribution is 2.25. The third-order valence-electron chi connectivity index (χ3n) is 3.42. The summed E-state index contributed by atoms with van der Waals surface area (Å²) in [5, 5.41) is 3.02. The monoisotopic (exact) mass is 241 g/mol. The van der Waals surface area contributed by atoms with E-state index in [0.29, 0.717) is 6.54 Å². The normalized spacial score (nSPS) is 25.8. The first-order valence-corrected chi connectivity index (χ1v) is 6.66. The molecule has 17 heavy (non-hydrogen) atoms. The molecule has 0 aliphatic carbocycles. The molecule has 1 saturated heterocycles. The molecule has 2 unspecified atom stereocenters. The van der Waals surface area contributed by atoms with Crippen LogP contribution in [0.25, 0.3) is 0 Å². The van der Waals surface area contributed by atoms with Crippen molar-refractivity contribution < 1.29 is 4.79 Å². The van der Waals surface area contributed by atoms with E-state index in [1.54, 1.807) is 0 Å². The van der Waals surface area contributed by atoms with E-state index in [1.165, 1.54) is 6.42 Å². The second-order valence-corrected chi connectivity index (χ2v) is 6.06. The van der Waals surface area contributed by atoms with Crippen LogP contribution in [0, 0.1) is 5.92 Å². The summed E-state index contributed by atoms with van der Waals surface area (Å²) in [6.07, 6.45) is 3.33. The fraction of sp³-hybridized carbons (Fsp3) is 0.923. The van der Waals surface area contributed by atoms with Crippen LogP contribution < -0.4 is 11.1 Å². The van der Waals surface area contributed by atoms with Crippen LogP contribution in [0.4, 0.5) is 4.79 Å². The van der Waals surface area contributed by atoms with Crippen LogP contribution in [0.2, 0.25) is 0 Å². The van der Waals surface area contributed by atoms with Gasteiger partial charge in [0.25, 0.3) is 0 Å². The van der Waals surface area contributed by atoms with Crippen molar-refractivity contribution in [2.75, 3.05) is 13.1 Å². The maximum Gasteiger partial charge on any atom is 0.318 e. The predicted octanol–water partition coefficient (Wildman–Crippen LogP) is 1.94. The lowest BCUT2D eigenvalue weighted by molar-refractivity contribution is 0.123. The molecule has 4 nitrogen and oxygen atoms in total. The Morgan fingerprint density at radius 1 is 1.47 bits per heavy atom. The number of piperidine rings is 1. The number of rotatable bonds is 2. The number of amides is 2. The molecule has 100 valence electrons. The Kier molecular flexibility index (Phi) is 4.80. The molecular weight excluding hydrogens is 214 g/mol. The Morgan fingerprint density at radius 2 is 2.12 bits per heavy atom. The predicted molar refractivity (Wildman–Crippen MR) is 70.8 cm³/mol. The topological polar surface area (TPSA) is 58.4 Å². The van der Waals surface area contributed by atoms with Crippen LogP contribution in [-0.2, 0) is 0 Å². The van der Waals surface area contributed by atoms with E-state index in [2.05, 4.69) is 12.2 Å². The first kappa shape index (κ1) is 14.3. The fourth-order valence-corrected chi connectivity index (χ4v) is 2.39. The lowest BCUT2D eigenvalue weighted by Gasteiger charge is -2.40. The van der Waals surface area contributed by atoms with Crippen molar-refractivity contribution in [1.29, 1.82) is 0 Å². The van der Waals surface area contributed by atoms with Crippen LogP contribution >= 0.6 is 0 Å². The highest BCUT2D eigenvalue weighted by atomic mass is 16.2. The van der Waals surface area contributed by atoms with Gasteiger partial charge in [-0.15, -0.1) is 0 Å². The molecule has 3 N–H and O–H groups in total. The van der Waals surface area contributed by atoms with Gasteiger partial charge < -0.3 is 16.0 Å². The summed E-state index contributed by atoms with van der Waals surface area (Å²) in [5.74, 6) is 0.724. The van der Waals surface area contributed by atoms with Crippen molar-refractivity contribution in [3.05, 3.63) is 0 Å². The summed E-state index contributed by atoms with van der Waals surface area (Å²) >= 11 is 0. The summed E-state index contributed by atoms with van der Waals surface area (Å²) in [7, 11) is 0. The summed E-state index contributed by atoms with van der Waals surface area (Å²) in [6.45, 7) is 9.61. The van der Waals surface area contributed by atoms with Crippen LogP contribution in [0.1, 0.15) is 47.0 Å². The van der Waals surface area contributed by atoms with Gasteiger partial charge in [-0.2, -0.15) is 0 Å². The van der Waals surface area contributed by atoms with E-state index in [0.717, 1.165) is 25.3 Å². The zero-order valence-electron chi connectivity index (χ0n) is 11.6. The van der Waals surface area contributed by atoms with Crippen molar-refractivity contribution in [3.63, 3.8) is 0 Å². The molecule has 0 radical (unpaired) electrons. The van der Waals surface area contributed by atoms with Crippen molar-refractivity contribution in [2.45, 2.75) is 58.5 Å². The number of nitrogens with zero attached hydrogens (tertiary/aromatic N) is 1. The van der Waals surface area contributed by atoms with Crippen molar-refractivity contribution >= 4 is 6.03 Å². The number of carbonyl (C=O) groups is 1. The standard InChI is InChI=1S/C13H27N3O/c1-5-10-6-7-16(11(8-10)9-14)12(17)15-13(2,3)4/h10-11H,5-9,14H2,1-4H3,(H,15,17). The van der Waals surface area contributed by atoms with Crippen molar-refractivity contribution in [3.8, 4) is 0 Å². The van der Waals surface area contributed by atoms with Crippen LogP contribution in [-0.4, -0.2) is 35.6 Å². The lowest BCUT2D eigenvalue weighted by atomic mass is 9.89. The number of carbonyl (C=O) groups excluding carboxylic acids is 1. The first-order chi connectivity index (χ1) is 7.87. The molecule has 2 amide bonds. The van der Waals surface area contributed by atoms with Gasteiger partial charge in [0.05, 0.1) is 0 Å². The molecule has 1 fully saturated rings. The van der Waals surface area contributed by atoms with Gasteiger partial charge >= 0.3 is 6.03 Å². The van der Waals surface area contributed by atoms with Crippen LogP contribution in [0.3, 0.4) is 0 Å². The zero-order chi connectivity index (χ0) is 13.1. The maximum atomic E-state index is 12.1. The highest BCUT2D eigenvalue weighted by molar-refractivity contribution is 5.75. The minimum absolute atomic E-state index is 0.0301. The molecule has 1 heterocycles. The van der Waals surface area contributed by atoms with E-state index in [-0.39, 0.29) is 17.6 Å². The Balaban J connectivity index is 2.60. The summed E-state index contributed by atoms with van der Waals surface area (Å²) in [5.41, 5.74) is 5.61. The minimum atomic E-state index is -0.183. The molecule has 0 aromatic rings. The Labute approximate surface area is 105 Å². The minimum Gasteiger partial charge on any atom is -0.333 e. The van der Waals surface area contributed by atoms with Crippen molar-refractivity contribution in [2.24, 2.45) is 11.7 Å². The number of likely N-dealkylation sites (tertiary alicyclic amines) is 1. The third kappa shape index (κ3) is 4.19. The van der Waals surface area contributed by atoms with E-state index < -0.39 is 0 Å². The molecule has 0 bridgehead atoms. The maximum absolute atomic E-state index is 12.1. The average Bonchev–Trinajstić information content (AvgIpc) is 2.25. The highest BCUT2D eigenvalue weighted by Gasteiger charge is 2.31. The summed E-state index contributed by atoms with van der Waals surface area (Å²) in [6, 6.07) is 0.235. The van der Waals surface area contributed by atoms with E-state index in [4.69, 9.17) is 5.73 Å². The van der Waals surface area contributed by atoms with Gasteiger partial charge in [-0.1, -0.05) is 13.3 Å². The van der Waals surface area contributed by atoms with Crippen LogP contribution in [0.5, 0.6) is 0 Å². The van der Waals surface area contributed by atoms with Gasteiger partial charge in [0.2, 0.25) is 0 Å². The Hall–Kier alpha value is -0.770. The van der Waals surface area contributed by atoms with Crippen molar-refractivity contribution in [1.82, 2.24) is 10.2 Å². The van der Waals surface area contributed by atoms with Gasteiger partial charge in [0, 0.05) is 24.7 Å². The number of hydrogen-bond donors (Lipinski definition) is 2. The van der Waals surface area contributed by atoms with E-state index >= 15 is 0 Å². The molecule has 1 aliphatic rings. The summed E-state index contributed by atoms with van der Waals surface area (Å²) in [4.78, 5) is 14.1. The molecule has 2 atom stereocenters. The smallest absolute Gasteiger partial charge is 0.318 e. The van der Waals surface area contributed by atoms with E-state index in [9.17, 15) is 4.79 Å². The molecule has 0 aromatic heterocycles. The number of urea groups is 1. The van der Waals surface area contributed by atoms with Gasteiger partial charge in [0.1, 0.15) is 0 Å². The van der Waals surface area contributed by atoms with Gasteiger partial charge in [-0.25, -0.2) is 4.79 Å². The fourth-order valence-electron chi connectivity index (χ4n) is 2.39. The SMILES string of the molecule is CCC1CCN(C(=O)NC(C)(C)C)C(CN)C1. The molecule has 1 rings (SSSR count). The molecule has 4 heteroatoms. The zero-order valence-corrected chi connectivity index (χ0v) is 11.6. The molecule has 0 aromatic carbocycles. The first-order valence-electron chi connectivity index (χ1n) is 6.66. The molecular formula is C13H27N3O. The van der Waals surface area contributed by atoms with Gasteiger partial charge in [0.15, 0.2) is 0 Å². The second kappa shape index (κ2) is 5.71. The lowest BCUT2D eigenvalue weighted by Crippen LogP contribution is -2.56. The third-order valence-corrected chi connectivity index (χ3v) is 3.42. The van der Waals surface area contributed by atoms with Gasteiger partial charge in [-0.3, -0.25) is 0 Å². The largest absolute Gasteiger partial charge is 0.333 e. The Bertz CT molecular complexity index is 260. The summed E-state index contributed by atoms with van der Waals surface area (Å²) < 4.78 is 0. The average molecular weight is 241 g/mol. The number of hydrogen-bond acceptors (Lipinski definition) is 2. The molecule has 1 aliphatic heterocycles.